The number of hydrogen-bond donors (Lipinski definition) is 1. The van der Waals surface area contributed by atoms with E-state index in [4.69, 9.17) is 10.5 Å². The van der Waals surface area contributed by atoms with Gasteiger partial charge in [0, 0.05) is 11.6 Å². The Morgan fingerprint density at radius 1 is 1.24 bits per heavy atom. The molecule has 3 nitrogen and oxygen atoms in total. The van der Waals surface area contributed by atoms with E-state index in [9.17, 15) is 4.79 Å². The van der Waals surface area contributed by atoms with Crippen molar-refractivity contribution in [1.29, 1.82) is 0 Å². The van der Waals surface area contributed by atoms with Gasteiger partial charge in [-0.2, -0.15) is 0 Å². The lowest BCUT2D eigenvalue weighted by Crippen LogP contribution is -2.22. The molecule has 0 saturated heterocycles. The van der Waals surface area contributed by atoms with Crippen molar-refractivity contribution in [1.82, 2.24) is 0 Å². The monoisotopic (exact) mass is 241 g/mol. The highest BCUT2D eigenvalue weighted by molar-refractivity contribution is 5.88. The van der Waals surface area contributed by atoms with Crippen LogP contribution in [0.25, 0.3) is 0 Å². The molecule has 0 aromatic rings. The van der Waals surface area contributed by atoms with Crippen LogP contribution in [0.4, 0.5) is 0 Å². The summed E-state index contributed by atoms with van der Waals surface area (Å²) in [5.74, 6) is -0.207. The first-order valence-corrected chi connectivity index (χ1v) is 6.66. The quantitative estimate of drug-likeness (QED) is 0.403. The van der Waals surface area contributed by atoms with Crippen LogP contribution in [0.3, 0.4) is 0 Å². The Morgan fingerprint density at radius 2 is 1.82 bits per heavy atom. The summed E-state index contributed by atoms with van der Waals surface area (Å²) in [7, 11) is 0. The summed E-state index contributed by atoms with van der Waals surface area (Å²) in [6.45, 7) is 8.46. The maximum absolute atomic E-state index is 11.8. The van der Waals surface area contributed by atoms with Crippen LogP contribution < -0.4 is 5.73 Å². The summed E-state index contributed by atoms with van der Waals surface area (Å²) in [5.41, 5.74) is 7.64. The van der Waals surface area contributed by atoms with Crippen LogP contribution in [0.1, 0.15) is 59.8 Å². The zero-order chi connectivity index (χ0) is 13.3. The zero-order valence-corrected chi connectivity index (χ0v) is 11.7. The minimum absolute atomic E-state index is 0.0692. The summed E-state index contributed by atoms with van der Waals surface area (Å²) in [4.78, 5) is 11.8. The number of esters is 1. The van der Waals surface area contributed by atoms with E-state index in [0.29, 0.717) is 12.2 Å². The van der Waals surface area contributed by atoms with Gasteiger partial charge in [-0.05, 0) is 38.7 Å². The lowest BCUT2D eigenvalue weighted by Gasteiger charge is -2.15. The Kier molecular flexibility index (Phi) is 8.78. The predicted octanol–water partition coefficient (Wildman–Crippen LogP) is 3.18. The Balaban J connectivity index is 4.51. The fraction of sp³-hybridized carbons (Fsp3) is 0.786. The van der Waals surface area contributed by atoms with Crippen LogP contribution in [0.5, 0.6) is 0 Å². The van der Waals surface area contributed by atoms with Crippen LogP contribution in [0.15, 0.2) is 11.1 Å². The van der Waals surface area contributed by atoms with E-state index in [0.717, 1.165) is 37.7 Å². The van der Waals surface area contributed by atoms with Crippen LogP contribution in [0.2, 0.25) is 0 Å². The number of hydrogen-bond acceptors (Lipinski definition) is 3. The van der Waals surface area contributed by atoms with E-state index in [1.54, 1.807) is 0 Å². The van der Waals surface area contributed by atoms with E-state index >= 15 is 0 Å². The fourth-order valence-corrected chi connectivity index (χ4v) is 1.67. The fourth-order valence-electron chi connectivity index (χ4n) is 1.67. The average molecular weight is 241 g/mol. The minimum atomic E-state index is -0.207. The molecule has 100 valence electrons. The molecule has 0 rings (SSSR count). The van der Waals surface area contributed by atoms with Gasteiger partial charge in [0.15, 0.2) is 0 Å². The summed E-state index contributed by atoms with van der Waals surface area (Å²) in [6, 6.07) is -0.0692. The first-order chi connectivity index (χ1) is 8.04. The minimum Gasteiger partial charge on any atom is -0.462 e. The van der Waals surface area contributed by atoms with Gasteiger partial charge in [-0.1, -0.05) is 26.7 Å². The lowest BCUT2D eigenvalue weighted by molar-refractivity contribution is -0.139. The van der Waals surface area contributed by atoms with Crippen molar-refractivity contribution >= 4 is 5.97 Å². The van der Waals surface area contributed by atoms with Crippen molar-refractivity contribution < 1.29 is 9.53 Å². The van der Waals surface area contributed by atoms with Gasteiger partial charge in [0.25, 0.3) is 0 Å². The van der Waals surface area contributed by atoms with Gasteiger partial charge in [0.05, 0.1) is 6.61 Å². The maximum atomic E-state index is 11.8. The first kappa shape index (κ1) is 16.2. The Hall–Kier alpha value is -0.830. The van der Waals surface area contributed by atoms with Crippen molar-refractivity contribution in [2.24, 2.45) is 5.73 Å². The number of ether oxygens (including phenoxy) is 1. The SMILES string of the molecule is CCCCOC(=O)C(C)=C(CCCC)C(C)N. The Morgan fingerprint density at radius 3 is 2.29 bits per heavy atom. The summed E-state index contributed by atoms with van der Waals surface area (Å²) in [6.07, 6.45) is 5.02. The summed E-state index contributed by atoms with van der Waals surface area (Å²) in [5, 5.41) is 0. The molecule has 1 atom stereocenters. The third-order valence-corrected chi connectivity index (χ3v) is 2.87. The highest BCUT2D eigenvalue weighted by atomic mass is 16.5. The third kappa shape index (κ3) is 6.47. The molecule has 0 amide bonds. The molecule has 17 heavy (non-hydrogen) atoms. The molecule has 0 aliphatic carbocycles. The highest BCUT2D eigenvalue weighted by Gasteiger charge is 2.14. The summed E-state index contributed by atoms with van der Waals surface area (Å²) < 4.78 is 5.20. The van der Waals surface area contributed by atoms with Gasteiger partial charge >= 0.3 is 5.97 Å². The van der Waals surface area contributed by atoms with Gasteiger partial charge in [-0.25, -0.2) is 4.79 Å². The first-order valence-electron chi connectivity index (χ1n) is 6.66. The second-order valence-electron chi connectivity index (χ2n) is 4.53. The molecule has 0 aromatic carbocycles. The summed E-state index contributed by atoms with van der Waals surface area (Å²) >= 11 is 0. The second kappa shape index (κ2) is 9.23. The van der Waals surface area contributed by atoms with Crippen molar-refractivity contribution in [2.45, 2.75) is 65.8 Å². The van der Waals surface area contributed by atoms with Crippen molar-refractivity contribution in [3.05, 3.63) is 11.1 Å². The smallest absolute Gasteiger partial charge is 0.333 e. The van der Waals surface area contributed by atoms with Crippen LogP contribution in [0, 0.1) is 0 Å². The maximum Gasteiger partial charge on any atom is 0.333 e. The molecule has 0 spiro atoms. The third-order valence-electron chi connectivity index (χ3n) is 2.87. The van der Waals surface area contributed by atoms with Crippen LogP contribution in [-0.4, -0.2) is 18.6 Å². The van der Waals surface area contributed by atoms with Crippen LogP contribution in [-0.2, 0) is 9.53 Å². The van der Waals surface area contributed by atoms with E-state index in [1.807, 2.05) is 13.8 Å². The molecular weight excluding hydrogens is 214 g/mol. The van der Waals surface area contributed by atoms with Gasteiger partial charge in [0.1, 0.15) is 0 Å². The molecule has 0 aliphatic heterocycles. The molecule has 0 fully saturated rings. The van der Waals surface area contributed by atoms with Crippen molar-refractivity contribution in [2.75, 3.05) is 6.61 Å². The molecule has 0 radical (unpaired) electrons. The van der Waals surface area contributed by atoms with Gasteiger partial charge in [-0.15, -0.1) is 0 Å². The largest absolute Gasteiger partial charge is 0.462 e. The topological polar surface area (TPSA) is 52.3 Å². The molecular formula is C14H27NO2. The zero-order valence-electron chi connectivity index (χ0n) is 11.7. The molecule has 0 bridgehead atoms. The second-order valence-corrected chi connectivity index (χ2v) is 4.53. The number of rotatable bonds is 8. The molecule has 0 aliphatic rings. The molecule has 0 heterocycles. The molecule has 3 heteroatoms. The van der Waals surface area contributed by atoms with Crippen molar-refractivity contribution in [3.63, 3.8) is 0 Å². The molecule has 2 N–H and O–H groups in total. The molecule has 0 aromatic heterocycles. The van der Waals surface area contributed by atoms with Gasteiger partial charge in [-0.3, -0.25) is 0 Å². The number of nitrogens with two attached hydrogens (primary N) is 1. The van der Waals surface area contributed by atoms with E-state index in [-0.39, 0.29) is 12.0 Å². The van der Waals surface area contributed by atoms with Crippen LogP contribution >= 0.6 is 0 Å². The lowest BCUT2D eigenvalue weighted by atomic mass is 9.97. The van der Waals surface area contributed by atoms with Gasteiger partial charge < -0.3 is 10.5 Å². The van der Waals surface area contributed by atoms with E-state index in [1.165, 1.54) is 0 Å². The number of carbonyl (C=O) groups excluding carboxylic acids is 1. The standard InChI is InChI=1S/C14H27NO2/c1-5-7-9-13(12(4)15)11(3)14(16)17-10-8-6-2/h12H,5-10,15H2,1-4H3. The van der Waals surface area contributed by atoms with Gasteiger partial charge in [0.2, 0.25) is 0 Å². The highest BCUT2D eigenvalue weighted by Crippen LogP contribution is 2.16. The van der Waals surface area contributed by atoms with E-state index < -0.39 is 0 Å². The normalized spacial score (nSPS) is 14.2. The Bertz CT molecular complexity index is 257. The average Bonchev–Trinajstić information content (AvgIpc) is 2.29. The molecule has 1 unspecified atom stereocenters. The number of carbonyl (C=O) groups is 1. The number of unbranched alkanes of at least 4 members (excludes halogenated alkanes) is 2. The predicted molar refractivity (Wildman–Crippen MR) is 71.7 cm³/mol. The van der Waals surface area contributed by atoms with Crippen molar-refractivity contribution in [3.8, 4) is 0 Å². The Labute approximate surface area is 105 Å². The molecule has 0 saturated carbocycles. The van der Waals surface area contributed by atoms with E-state index in [2.05, 4.69) is 13.8 Å².